The van der Waals surface area contributed by atoms with Gasteiger partial charge in [0.15, 0.2) is 0 Å². The summed E-state index contributed by atoms with van der Waals surface area (Å²) in [7, 11) is 0. The highest BCUT2D eigenvalue weighted by atomic mass is 35.5. The summed E-state index contributed by atoms with van der Waals surface area (Å²) in [5.41, 5.74) is 5.65. The van der Waals surface area contributed by atoms with Crippen LogP contribution in [0.5, 0.6) is 0 Å². The number of halogens is 2. The van der Waals surface area contributed by atoms with E-state index < -0.39 is 11.7 Å². The van der Waals surface area contributed by atoms with Crippen LogP contribution in [0.15, 0.2) is 30.5 Å². The first-order chi connectivity index (χ1) is 9.92. The van der Waals surface area contributed by atoms with Gasteiger partial charge in [0.05, 0.1) is 28.8 Å². The van der Waals surface area contributed by atoms with Gasteiger partial charge in [-0.15, -0.1) is 0 Å². The lowest BCUT2D eigenvalue weighted by atomic mass is 10.1. The fraction of sp³-hybridized carbons (Fsp3) is 0.0714. The second-order valence-corrected chi connectivity index (χ2v) is 4.76. The topological polar surface area (TPSA) is 95.7 Å². The van der Waals surface area contributed by atoms with Gasteiger partial charge in [0.2, 0.25) is 0 Å². The zero-order valence-corrected chi connectivity index (χ0v) is 11.5. The Balaban J connectivity index is 2.55. The number of hydrogen-bond acceptors (Lipinski definition) is 3. The molecule has 3 N–H and O–H groups in total. The van der Waals surface area contributed by atoms with Crippen molar-refractivity contribution < 1.29 is 9.18 Å². The highest BCUT2D eigenvalue weighted by Crippen LogP contribution is 2.13. The summed E-state index contributed by atoms with van der Waals surface area (Å²) in [4.78, 5) is 11.3. The first-order valence-corrected chi connectivity index (χ1v) is 6.23. The normalized spacial score (nSPS) is 10.1. The number of carbonyl (C=O) groups excluding carboxylic acids is 1. The quantitative estimate of drug-likeness (QED) is 0.904. The Kier molecular flexibility index (Phi) is 4.05. The van der Waals surface area contributed by atoms with Crippen molar-refractivity contribution in [1.29, 1.82) is 10.7 Å². The summed E-state index contributed by atoms with van der Waals surface area (Å²) >= 11 is 5.89. The summed E-state index contributed by atoms with van der Waals surface area (Å²) in [6, 6.07) is 6.98. The Morgan fingerprint density at radius 1 is 1.48 bits per heavy atom. The van der Waals surface area contributed by atoms with Gasteiger partial charge < -0.3 is 10.3 Å². The predicted octanol–water partition coefficient (Wildman–Crippen LogP) is 1.78. The van der Waals surface area contributed by atoms with E-state index in [0.717, 1.165) is 0 Å². The van der Waals surface area contributed by atoms with Crippen LogP contribution in [-0.4, -0.2) is 10.5 Å². The van der Waals surface area contributed by atoms with E-state index in [1.807, 2.05) is 6.07 Å². The standard InChI is InChI=1S/C14H10ClFN4O/c15-10-4-12(14(19)21)13(18)20(7-10)6-9-3-11(16)2-1-8(9)5-17/h1-4,7,18H,6H2,(H2,19,21). The highest BCUT2D eigenvalue weighted by Gasteiger charge is 2.11. The molecule has 0 aliphatic rings. The smallest absolute Gasteiger partial charge is 0.252 e. The van der Waals surface area contributed by atoms with Crippen LogP contribution >= 0.6 is 11.6 Å². The van der Waals surface area contributed by atoms with E-state index in [4.69, 9.17) is 28.0 Å². The molecule has 106 valence electrons. The molecule has 0 unspecified atom stereocenters. The average molecular weight is 305 g/mol. The van der Waals surface area contributed by atoms with Crippen molar-refractivity contribution in [2.45, 2.75) is 6.54 Å². The first-order valence-electron chi connectivity index (χ1n) is 5.85. The Labute approximate surface area is 124 Å². The second kappa shape index (κ2) is 5.77. The number of nitriles is 1. The number of primary amides is 1. The number of amides is 1. The van der Waals surface area contributed by atoms with Gasteiger partial charge >= 0.3 is 0 Å². The summed E-state index contributed by atoms with van der Waals surface area (Å²) in [6.07, 6.45) is 1.42. The van der Waals surface area contributed by atoms with Crippen LogP contribution in [0.4, 0.5) is 4.39 Å². The van der Waals surface area contributed by atoms with Crippen LogP contribution in [0.25, 0.3) is 0 Å². The SMILES string of the molecule is N#Cc1ccc(F)cc1Cn1cc(Cl)cc(C(N)=O)c1=N. The lowest BCUT2D eigenvalue weighted by Gasteiger charge is -2.11. The zero-order chi connectivity index (χ0) is 15.6. The molecule has 0 aliphatic carbocycles. The van der Waals surface area contributed by atoms with Crippen molar-refractivity contribution in [2.75, 3.05) is 0 Å². The van der Waals surface area contributed by atoms with Crippen LogP contribution < -0.4 is 11.2 Å². The number of aromatic nitrogens is 1. The summed E-state index contributed by atoms with van der Waals surface area (Å²) in [5.74, 6) is -1.27. The molecular formula is C14H10ClFN4O. The van der Waals surface area contributed by atoms with E-state index in [-0.39, 0.29) is 28.2 Å². The van der Waals surface area contributed by atoms with Gasteiger partial charge in [0.1, 0.15) is 11.3 Å². The predicted molar refractivity (Wildman–Crippen MR) is 74.0 cm³/mol. The molecule has 0 fully saturated rings. The second-order valence-electron chi connectivity index (χ2n) is 4.33. The number of nitrogens with one attached hydrogen (secondary N) is 1. The molecule has 1 aromatic carbocycles. The maximum absolute atomic E-state index is 13.3. The Morgan fingerprint density at radius 3 is 2.81 bits per heavy atom. The lowest BCUT2D eigenvalue weighted by Crippen LogP contribution is -2.30. The van der Waals surface area contributed by atoms with Crippen molar-refractivity contribution >= 4 is 17.5 Å². The zero-order valence-electron chi connectivity index (χ0n) is 10.7. The van der Waals surface area contributed by atoms with E-state index in [1.54, 1.807) is 0 Å². The number of pyridine rings is 1. The molecule has 7 heteroatoms. The van der Waals surface area contributed by atoms with Crippen molar-refractivity contribution in [2.24, 2.45) is 5.73 Å². The number of nitrogens with two attached hydrogens (primary N) is 1. The van der Waals surface area contributed by atoms with Gasteiger partial charge in [-0.25, -0.2) is 4.39 Å². The molecule has 0 saturated carbocycles. The van der Waals surface area contributed by atoms with Crippen molar-refractivity contribution in [1.82, 2.24) is 4.57 Å². The number of hydrogen-bond donors (Lipinski definition) is 2. The van der Waals surface area contributed by atoms with Gasteiger partial charge in [-0.05, 0) is 29.8 Å². The Bertz CT molecular complexity index is 823. The van der Waals surface area contributed by atoms with Crippen molar-refractivity contribution in [3.63, 3.8) is 0 Å². The maximum atomic E-state index is 13.3. The summed E-state index contributed by atoms with van der Waals surface area (Å²) < 4.78 is 14.6. The molecule has 0 spiro atoms. The summed E-state index contributed by atoms with van der Waals surface area (Å²) in [6.45, 7) is 0.0281. The fourth-order valence-corrected chi connectivity index (χ4v) is 2.14. The number of nitrogens with zero attached hydrogens (tertiary/aromatic N) is 2. The fourth-order valence-electron chi connectivity index (χ4n) is 1.91. The molecule has 5 nitrogen and oxygen atoms in total. The third kappa shape index (κ3) is 3.09. The molecule has 0 radical (unpaired) electrons. The van der Waals surface area contributed by atoms with Gasteiger partial charge in [-0.3, -0.25) is 10.2 Å². The minimum atomic E-state index is -0.781. The Hall–Kier alpha value is -2.65. The molecule has 21 heavy (non-hydrogen) atoms. The largest absolute Gasteiger partial charge is 0.365 e. The number of carbonyl (C=O) groups is 1. The van der Waals surface area contributed by atoms with E-state index in [2.05, 4.69) is 0 Å². The number of benzene rings is 1. The molecule has 0 saturated heterocycles. The third-order valence-corrected chi connectivity index (χ3v) is 3.10. The van der Waals surface area contributed by atoms with Crippen LogP contribution in [-0.2, 0) is 6.54 Å². The van der Waals surface area contributed by atoms with Crippen LogP contribution in [0, 0.1) is 22.6 Å². The van der Waals surface area contributed by atoms with Gasteiger partial charge in [-0.1, -0.05) is 11.6 Å². The summed E-state index contributed by atoms with van der Waals surface area (Å²) in [5, 5.41) is 17.2. The van der Waals surface area contributed by atoms with E-state index >= 15 is 0 Å². The molecule has 0 bridgehead atoms. The molecule has 1 heterocycles. The molecular weight excluding hydrogens is 295 g/mol. The third-order valence-electron chi connectivity index (χ3n) is 2.90. The van der Waals surface area contributed by atoms with Crippen molar-refractivity contribution in [3.8, 4) is 6.07 Å². The van der Waals surface area contributed by atoms with Crippen LogP contribution in [0.1, 0.15) is 21.5 Å². The van der Waals surface area contributed by atoms with E-state index in [0.29, 0.717) is 5.56 Å². The highest BCUT2D eigenvalue weighted by molar-refractivity contribution is 6.30. The Morgan fingerprint density at radius 2 is 2.19 bits per heavy atom. The van der Waals surface area contributed by atoms with Crippen LogP contribution in [0.3, 0.4) is 0 Å². The molecule has 2 rings (SSSR count). The van der Waals surface area contributed by atoms with Crippen LogP contribution in [0.2, 0.25) is 5.02 Å². The van der Waals surface area contributed by atoms with Crippen molar-refractivity contribution in [3.05, 3.63) is 63.5 Å². The van der Waals surface area contributed by atoms with Gasteiger partial charge in [0, 0.05) is 6.20 Å². The molecule has 1 aromatic heterocycles. The molecule has 0 aliphatic heterocycles. The first kappa shape index (κ1) is 14.8. The lowest BCUT2D eigenvalue weighted by molar-refractivity contribution is 0.0998. The minimum Gasteiger partial charge on any atom is -0.365 e. The number of rotatable bonds is 3. The monoisotopic (exact) mass is 304 g/mol. The van der Waals surface area contributed by atoms with Gasteiger partial charge in [-0.2, -0.15) is 5.26 Å². The molecule has 1 amide bonds. The molecule has 2 aromatic rings. The van der Waals surface area contributed by atoms with E-state index in [1.165, 1.54) is 35.0 Å². The van der Waals surface area contributed by atoms with Gasteiger partial charge in [0.25, 0.3) is 5.91 Å². The minimum absolute atomic E-state index is 0.0281. The van der Waals surface area contributed by atoms with E-state index in [9.17, 15) is 9.18 Å². The maximum Gasteiger partial charge on any atom is 0.252 e. The molecule has 0 atom stereocenters. The average Bonchev–Trinajstić information content (AvgIpc) is 2.42.